The standard InChI is InChI=1S/C25H36N4O5.C24H31FN4O5.C24H33FN4O5.C22H31N5O5/c1-16(2)11-12-28(4)25(32)33-15-21-23(26-27-29(21)5)18-9-10-22(17(3)13-18)34-20-8-6-7-19(14-20)24(30)31;1-28(17-7-3-4-8-17)24(32)33-14-20-22(26-27-29(20)2)15-10-11-21(19(25)13-15)34-18-9-5-6-16(12-18)23(30)31;1-15(2)10-11-28(3)24(32)33-14-20-22(26-27-29(20)4)16-8-9-21(19(25)13-16)34-18-7-5-6-17(12-18)23(30)31;1-4-5-11-26(2)22(30)31-14-19-20(24-25-27(19)3)18-10-9-17(13-23-18)32-16-8-6-7-15(12-16)21(28)29/h9-10,13,16,19-20H,6-8,11-12,14-15H2,1-5H3,(H,30,31);10-11,13,16-18H,3-9,12,14H2,1-2H3,(H,30,31);8-9,13,15,17-18H,5-7,10-12,14H2,1-4H3,(H,30,31);9-10,13,15-16H,4-8,11-12,14H2,1-3H3,(H,28,29)/t19-,20-;16-,18-;17-,18-;15-,16-/m0000/s1. The molecule has 0 bridgehead atoms. The smallest absolute Gasteiger partial charge is 0.410 e. The molecule has 0 radical (unpaired) electrons. The van der Waals surface area contributed by atoms with Gasteiger partial charge in [-0.25, -0.2) is 46.7 Å². The predicted molar refractivity (Wildman–Crippen MR) is 487 cm³/mol. The van der Waals surface area contributed by atoms with Gasteiger partial charge in [0.2, 0.25) is 0 Å². The van der Waals surface area contributed by atoms with E-state index in [4.69, 9.17) is 37.9 Å². The van der Waals surface area contributed by atoms with Gasteiger partial charge in [0.05, 0.1) is 60.0 Å². The van der Waals surface area contributed by atoms with Crippen LogP contribution in [0.2, 0.25) is 0 Å². The average Bonchev–Trinajstić information content (AvgIpc) is 1.60. The van der Waals surface area contributed by atoms with E-state index in [1.165, 1.54) is 38.5 Å². The number of hydrogen-bond donors (Lipinski definition) is 4. The van der Waals surface area contributed by atoms with Crippen LogP contribution >= 0.6 is 0 Å². The third-order valence-electron chi connectivity index (χ3n) is 25.1. The summed E-state index contributed by atoms with van der Waals surface area (Å²) < 4.78 is 81.5. The summed E-state index contributed by atoms with van der Waals surface area (Å²) in [5.41, 5.74) is 7.78. The van der Waals surface area contributed by atoms with Gasteiger partial charge in [-0.3, -0.25) is 24.2 Å². The fraction of sp³-hybridized carbons (Fsp3) is 0.589. The first-order valence-corrected chi connectivity index (χ1v) is 46.3. The molecule has 5 aliphatic carbocycles. The van der Waals surface area contributed by atoms with Crippen molar-refractivity contribution in [2.75, 3.05) is 47.8 Å². The number of unbranched alkanes of at least 4 members (excludes halogenated alkanes) is 1. The molecule has 39 heteroatoms. The van der Waals surface area contributed by atoms with Crippen LogP contribution in [0.1, 0.15) is 217 Å². The van der Waals surface area contributed by atoms with Gasteiger partial charge in [-0.1, -0.05) is 74.7 Å². The Kier molecular flexibility index (Phi) is 38.6. The second-order valence-electron chi connectivity index (χ2n) is 36.2. The van der Waals surface area contributed by atoms with Gasteiger partial charge in [-0.15, -0.1) is 20.4 Å². The Morgan fingerprint density at radius 2 is 0.754 bits per heavy atom. The zero-order valence-corrected chi connectivity index (χ0v) is 79.4. The lowest BCUT2D eigenvalue weighted by Crippen LogP contribution is -2.35. The Balaban J connectivity index is 0.000000185. The summed E-state index contributed by atoms with van der Waals surface area (Å²) in [4.78, 5) is 105. The maximum atomic E-state index is 14.9. The normalized spacial score (nSPS) is 18.8. The SMILES string of the molecule is CC(C)CCN(C)C(=O)OCc1c(-c2ccc(O[C@H]3CCC[C@H](C(=O)O)C3)c(F)c2)nnn1C.CCCCN(C)C(=O)OCc1c(-c2ccc(O[C@H]3CCC[C@H](C(=O)O)C3)cn2)nnn1C.CN(C(=O)OCc1c(-c2ccc(O[C@H]3CCC[C@H](C(=O)O)C3)c(F)c2)nnn1C)C1CCCC1.Cc1cc(-c2nnn(C)c2COC(=O)N(C)CCC(C)C)ccc1O[C@H]1CCC[C@H](C(=O)O)C1. The number of carbonyl (C=O) groups is 8. The van der Waals surface area contributed by atoms with Crippen molar-refractivity contribution in [3.05, 3.63) is 113 Å². The molecule has 730 valence electrons. The second kappa shape index (κ2) is 49.9. The van der Waals surface area contributed by atoms with E-state index in [-0.39, 0.29) is 86.3 Å². The van der Waals surface area contributed by atoms with Crippen LogP contribution < -0.4 is 18.9 Å². The van der Waals surface area contributed by atoms with Crippen LogP contribution in [-0.2, 0) is 92.7 Å². The first kappa shape index (κ1) is 103. The summed E-state index contributed by atoms with van der Waals surface area (Å²) in [6, 6.07) is 18.5. The number of aromatic nitrogens is 13. The Morgan fingerprint density at radius 3 is 1.10 bits per heavy atom. The van der Waals surface area contributed by atoms with Crippen LogP contribution in [0.4, 0.5) is 28.0 Å². The van der Waals surface area contributed by atoms with E-state index in [1.807, 2.05) is 25.1 Å². The summed E-state index contributed by atoms with van der Waals surface area (Å²) in [5, 5.41) is 70.0. The number of carboxylic acid groups (broad SMARTS) is 4. The number of rotatable bonds is 34. The van der Waals surface area contributed by atoms with Gasteiger partial charge in [-0.05, 0) is 226 Å². The molecular weight excluding hydrogens is 1740 g/mol. The molecule has 37 nitrogen and oxygen atoms in total. The Labute approximate surface area is 779 Å². The first-order chi connectivity index (χ1) is 64.0. The summed E-state index contributed by atoms with van der Waals surface area (Å²) in [7, 11) is 13.8. The maximum Gasteiger partial charge on any atom is 0.410 e. The minimum absolute atomic E-state index is 0.0344. The van der Waals surface area contributed by atoms with Gasteiger partial charge in [-0.2, -0.15) is 0 Å². The van der Waals surface area contributed by atoms with Crippen molar-refractivity contribution < 1.29 is 105 Å². The number of hydrogen-bond acceptors (Lipinski definition) is 25. The highest BCUT2D eigenvalue weighted by Gasteiger charge is 2.35. The monoisotopic (exact) mass is 1870 g/mol. The molecule has 5 aromatic heterocycles. The number of benzene rings is 3. The number of ether oxygens (including phenoxy) is 8. The lowest BCUT2D eigenvalue weighted by molar-refractivity contribution is -0.144. The number of aliphatic carboxylic acids is 4. The number of pyridine rings is 1. The van der Waals surface area contributed by atoms with Gasteiger partial charge >= 0.3 is 48.3 Å². The van der Waals surface area contributed by atoms with E-state index in [9.17, 15) is 67.6 Å². The van der Waals surface area contributed by atoms with Crippen molar-refractivity contribution in [1.82, 2.24) is 84.6 Å². The van der Waals surface area contributed by atoms with Crippen molar-refractivity contribution in [3.63, 3.8) is 0 Å². The molecule has 8 aromatic rings. The van der Waals surface area contributed by atoms with Crippen LogP contribution in [0.25, 0.3) is 45.2 Å². The second-order valence-corrected chi connectivity index (χ2v) is 36.2. The molecule has 5 aliphatic rings. The summed E-state index contributed by atoms with van der Waals surface area (Å²) >= 11 is 0. The number of nitrogens with zero attached hydrogens (tertiary/aromatic N) is 17. The van der Waals surface area contributed by atoms with E-state index < -0.39 is 65.6 Å². The molecule has 0 unspecified atom stereocenters. The number of aryl methyl sites for hydroxylation is 5. The Hall–Kier alpha value is -12.6. The molecule has 5 fully saturated rings. The van der Waals surface area contributed by atoms with Gasteiger partial charge in [0, 0.05) is 98.7 Å². The number of amides is 4. The third-order valence-corrected chi connectivity index (χ3v) is 25.1. The van der Waals surface area contributed by atoms with Crippen LogP contribution in [0, 0.1) is 54.1 Å². The molecule has 0 spiro atoms. The molecule has 134 heavy (non-hydrogen) atoms. The van der Waals surface area contributed by atoms with Crippen LogP contribution in [0.5, 0.6) is 23.0 Å². The Morgan fingerprint density at radius 1 is 0.418 bits per heavy atom. The largest absolute Gasteiger partial charge is 0.490 e. The van der Waals surface area contributed by atoms with Crippen molar-refractivity contribution in [3.8, 4) is 68.2 Å². The zero-order valence-electron chi connectivity index (χ0n) is 79.4. The maximum absolute atomic E-state index is 14.9. The molecule has 4 amide bonds. The van der Waals surface area contributed by atoms with Crippen molar-refractivity contribution in [1.29, 1.82) is 0 Å². The molecule has 5 heterocycles. The van der Waals surface area contributed by atoms with E-state index in [1.54, 1.807) is 111 Å². The summed E-state index contributed by atoms with van der Waals surface area (Å²) in [6.07, 6.45) is 17.6. The molecule has 0 aliphatic heterocycles. The minimum Gasteiger partial charge on any atom is -0.490 e. The topological polar surface area (TPSA) is 440 Å². The number of halogens is 2. The van der Waals surface area contributed by atoms with E-state index >= 15 is 0 Å². The van der Waals surface area contributed by atoms with Gasteiger partial charge in [0.15, 0.2) is 23.1 Å². The number of carbonyl (C=O) groups excluding carboxylic acids is 4. The zero-order chi connectivity index (χ0) is 97.0. The van der Waals surface area contributed by atoms with E-state index in [0.717, 1.165) is 107 Å². The van der Waals surface area contributed by atoms with Crippen molar-refractivity contribution >= 4 is 48.3 Å². The van der Waals surface area contributed by atoms with Crippen molar-refractivity contribution in [2.45, 2.75) is 253 Å². The van der Waals surface area contributed by atoms with Gasteiger partial charge in [0.25, 0.3) is 0 Å². The molecule has 0 saturated heterocycles. The molecule has 3 aromatic carbocycles. The quantitative estimate of drug-likeness (QED) is 0.0272. The summed E-state index contributed by atoms with van der Waals surface area (Å²) in [6.45, 7) is 14.3. The first-order valence-electron chi connectivity index (χ1n) is 46.3. The molecular formula is C95H131F2N17O20. The predicted octanol–water partition coefficient (Wildman–Crippen LogP) is 16.1. The van der Waals surface area contributed by atoms with Crippen molar-refractivity contribution in [2.24, 2.45) is 63.7 Å². The van der Waals surface area contributed by atoms with E-state index in [2.05, 4.69) is 80.9 Å². The average molecular weight is 1870 g/mol. The van der Waals surface area contributed by atoms with Crippen LogP contribution in [-0.4, -0.2) is 232 Å². The lowest BCUT2D eigenvalue weighted by Gasteiger charge is -2.28. The van der Waals surface area contributed by atoms with E-state index in [0.29, 0.717) is 164 Å². The highest BCUT2D eigenvalue weighted by molar-refractivity contribution is 5.74. The molecule has 5 saturated carbocycles. The highest BCUT2D eigenvalue weighted by atomic mass is 19.1. The lowest BCUT2D eigenvalue weighted by atomic mass is 9.87. The summed E-state index contributed by atoms with van der Waals surface area (Å²) in [5.74, 6) is -3.49. The minimum atomic E-state index is -0.842. The highest BCUT2D eigenvalue weighted by Crippen LogP contribution is 2.38. The molecule has 8 atom stereocenters. The number of carboxylic acids is 4. The van der Waals surface area contributed by atoms with Crippen LogP contribution in [0.15, 0.2) is 72.9 Å². The van der Waals surface area contributed by atoms with Crippen LogP contribution in [0.3, 0.4) is 0 Å². The fourth-order valence-electron chi connectivity index (χ4n) is 16.6. The molecule has 13 rings (SSSR count). The van der Waals surface area contributed by atoms with Gasteiger partial charge < -0.3 is 77.9 Å². The fourth-order valence-corrected chi connectivity index (χ4v) is 16.6. The third kappa shape index (κ3) is 29.7. The van der Waals surface area contributed by atoms with Gasteiger partial charge in [0.1, 0.15) is 83.5 Å². The molecule has 4 N–H and O–H groups in total. The Bertz CT molecular complexity index is 5070.